The Bertz CT molecular complexity index is 570. The minimum Gasteiger partial charge on any atom is -0.370 e. The van der Waals surface area contributed by atoms with Gasteiger partial charge in [-0.05, 0) is 18.2 Å². The zero-order chi connectivity index (χ0) is 18.0. The number of amides is 1. The molecule has 1 rings (SSSR count). The molecule has 0 atom stereocenters. The Hall–Kier alpha value is -1.69. The highest BCUT2D eigenvalue weighted by Crippen LogP contribution is 2.17. The molecule has 0 aliphatic heterocycles. The van der Waals surface area contributed by atoms with E-state index < -0.39 is 12.7 Å². The molecule has 0 unspecified atom stereocenters. The van der Waals surface area contributed by atoms with Crippen molar-refractivity contribution in [2.24, 2.45) is 16.5 Å². The molecule has 0 spiro atoms. The van der Waals surface area contributed by atoms with E-state index in [-0.39, 0.29) is 23.4 Å². The molecule has 0 aliphatic rings. The van der Waals surface area contributed by atoms with Crippen LogP contribution in [0.15, 0.2) is 22.4 Å². The van der Waals surface area contributed by atoms with Crippen LogP contribution in [0.5, 0.6) is 0 Å². The number of hydrogen-bond acceptors (Lipinski definition) is 6. The summed E-state index contributed by atoms with van der Waals surface area (Å²) in [5.74, 6) is 1.35. The third kappa shape index (κ3) is 10.2. The number of aliphatic imine (C=N–C) groups is 1. The molecule has 7 nitrogen and oxygen atoms in total. The summed E-state index contributed by atoms with van der Waals surface area (Å²) in [6.45, 7) is -1.36. The van der Waals surface area contributed by atoms with Crippen LogP contribution in [0.2, 0.25) is 0 Å². The number of nitrogens with zero attached hydrogens (tertiary/aromatic N) is 3. The van der Waals surface area contributed by atoms with Crippen molar-refractivity contribution >= 4 is 41.2 Å². The fraction of sp³-hybridized carbons (Fsp3) is 0.500. The van der Waals surface area contributed by atoms with Crippen molar-refractivity contribution in [2.75, 3.05) is 29.1 Å². The fourth-order valence-corrected chi connectivity index (χ4v) is 2.97. The second kappa shape index (κ2) is 10.2. The van der Waals surface area contributed by atoms with Crippen molar-refractivity contribution in [3.63, 3.8) is 0 Å². The maximum absolute atomic E-state index is 12.0. The van der Waals surface area contributed by atoms with E-state index >= 15 is 0 Å². The van der Waals surface area contributed by atoms with E-state index in [1.165, 1.54) is 35.8 Å². The van der Waals surface area contributed by atoms with E-state index in [9.17, 15) is 18.0 Å². The minimum absolute atomic E-state index is 0.263. The molecule has 0 saturated heterocycles. The van der Waals surface area contributed by atoms with E-state index in [4.69, 9.17) is 11.5 Å². The zero-order valence-electron chi connectivity index (χ0n) is 12.5. The van der Waals surface area contributed by atoms with E-state index in [1.54, 1.807) is 0 Å². The summed E-state index contributed by atoms with van der Waals surface area (Å²) in [6, 6.07) is 1.47. The number of guanidine groups is 1. The number of hydrogen-bond donors (Lipinski definition) is 3. The lowest BCUT2D eigenvalue weighted by Crippen LogP contribution is -2.26. The fourth-order valence-electron chi connectivity index (χ4n) is 1.32. The predicted molar refractivity (Wildman–Crippen MR) is 90.1 cm³/mol. The van der Waals surface area contributed by atoms with E-state index in [0.29, 0.717) is 5.16 Å². The van der Waals surface area contributed by atoms with E-state index in [1.807, 2.05) is 0 Å². The van der Waals surface area contributed by atoms with Gasteiger partial charge in [0.05, 0.1) is 5.75 Å². The van der Waals surface area contributed by atoms with Gasteiger partial charge in [-0.3, -0.25) is 4.79 Å². The Morgan fingerprint density at radius 2 is 2.08 bits per heavy atom. The molecule has 0 fully saturated rings. The number of nitrogens with two attached hydrogens (primary N) is 2. The minimum atomic E-state index is -4.41. The van der Waals surface area contributed by atoms with E-state index in [2.05, 4.69) is 20.3 Å². The average molecular weight is 382 g/mol. The highest BCUT2D eigenvalue weighted by Gasteiger charge is 2.26. The lowest BCUT2D eigenvalue weighted by atomic mass is 10.6. The van der Waals surface area contributed by atoms with Crippen molar-refractivity contribution in [1.29, 1.82) is 0 Å². The van der Waals surface area contributed by atoms with Gasteiger partial charge in [-0.25, -0.2) is 15.0 Å². The van der Waals surface area contributed by atoms with Gasteiger partial charge in [0.2, 0.25) is 5.91 Å². The number of carbonyl (C=O) groups excluding carboxylic acids is 1. The molecule has 1 amide bonds. The summed E-state index contributed by atoms with van der Waals surface area (Å²) >= 11 is 2.84. The second-order valence-corrected chi connectivity index (χ2v) is 6.55. The van der Waals surface area contributed by atoms with Crippen LogP contribution in [0, 0.1) is 0 Å². The summed E-state index contributed by atoms with van der Waals surface area (Å²) < 4.78 is 36.1. The van der Waals surface area contributed by atoms with Gasteiger partial charge in [-0.15, -0.1) is 0 Å². The molecule has 0 saturated carbocycles. The molecule has 0 bridgehead atoms. The first-order chi connectivity index (χ1) is 11.3. The van der Waals surface area contributed by atoms with Gasteiger partial charge in [0.15, 0.2) is 11.1 Å². The van der Waals surface area contributed by atoms with Gasteiger partial charge in [0, 0.05) is 11.9 Å². The number of thioether (sulfide) groups is 2. The topological polar surface area (TPSA) is 119 Å². The molecule has 12 heteroatoms. The Morgan fingerprint density at radius 3 is 2.75 bits per heavy atom. The third-order valence-electron chi connectivity index (χ3n) is 2.23. The molecule has 5 N–H and O–H groups in total. The second-order valence-electron chi connectivity index (χ2n) is 4.39. The van der Waals surface area contributed by atoms with Crippen molar-refractivity contribution < 1.29 is 18.0 Å². The molecular formula is C12H17F3N6OS2. The maximum atomic E-state index is 12.0. The summed E-state index contributed by atoms with van der Waals surface area (Å²) in [4.78, 5) is 21.9. The van der Waals surface area contributed by atoms with Crippen molar-refractivity contribution in [1.82, 2.24) is 9.97 Å². The molecule has 0 radical (unpaired) electrons. The zero-order valence-corrected chi connectivity index (χ0v) is 14.2. The Kier molecular flexibility index (Phi) is 8.68. The maximum Gasteiger partial charge on any atom is 0.408 e. The van der Waals surface area contributed by atoms with Crippen LogP contribution in [0.25, 0.3) is 0 Å². The molecular weight excluding hydrogens is 365 g/mol. The summed E-state index contributed by atoms with van der Waals surface area (Å²) in [6.07, 6.45) is -2.11. The van der Waals surface area contributed by atoms with Gasteiger partial charge < -0.3 is 16.8 Å². The van der Waals surface area contributed by atoms with Crippen LogP contribution in [-0.2, 0) is 4.79 Å². The van der Waals surface area contributed by atoms with E-state index in [0.717, 1.165) is 17.9 Å². The Balaban J connectivity index is 2.39. The van der Waals surface area contributed by atoms with Gasteiger partial charge in [-0.2, -0.15) is 24.9 Å². The highest BCUT2D eigenvalue weighted by atomic mass is 32.2. The van der Waals surface area contributed by atoms with Gasteiger partial charge in [0.25, 0.3) is 0 Å². The number of aromatic nitrogens is 2. The Labute approximate surface area is 145 Å². The molecule has 1 aromatic heterocycles. The average Bonchev–Trinajstić information content (AvgIpc) is 2.48. The van der Waals surface area contributed by atoms with Gasteiger partial charge in [0.1, 0.15) is 12.4 Å². The van der Waals surface area contributed by atoms with Crippen molar-refractivity contribution in [3.05, 3.63) is 12.3 Å². The lowest BCUT2D eigenvalue weighted by molar-refractivity contribution is -0.118. The van der Waals surface area contributed by atoms with Crippen LogP contribution in [0.4, 0.5) is 19.0 Å². The number of carbonyl (C=O) groups is 1. The lowest BCUT2D eigenvalue weighted by Gasteiger charge is -2.07. The summed E-state index contributed by atoms with van der Waals surface area (Å²) in [5, 5.41) is 2.95. The Morgan fingerprint density at radius 1 is 1.33 bits per heavy atom. The first kappa shape index (κ1) is 20.4. The number of alkyl halides is 3. The number of rotatable bonds is 9. The van der Waals surface area contributed by atoms with Gasteiger partial charge >= 0.3 is 6.18 Å². The third-order valence-corrected chi connectivity index (χ3v) is 4.24. The van der Waals surface area contributed by atoms with Crippen LogP contribution >= 0.6 is 23.5 Å². The standard InChI is InChI=1S/C12H17F3N6OS2/c13-12(14,15)7-19-10(17)20-9-2-3-18-11(21-9)24-5-1-4-23-6-8(16)22/h2-3H,1,4-7H2,(H2,16,22)(H3,17,18,19,20,21). The monoisotopic (exact) mass is 382 g/mol. The van der Waals surface area contributed by atoms with Gasteiger partial charge in [-0.1, -0.05) is 11.8 Å². The number of nitrogens with one attached hydrogen (secondary N) is 1. The number of halogens is 3. The molecule has 0 aliphatic carbocycles. The van der Waals surface area contributed by atoms with Crippen molar-refractivity contribution in [2.45, 2.75) is 17.8 Å². The quantitative estimate of drug-likeness (QED) is 0.194. The SMILES string of the molecule is NC(=O)CSCCCSc1nccc(NC(N)=NCC(F)(F)F)n1. The summed E-state index contributed by atoms with van der Waals surface area (Å²) in [5.41, 5.74) is 10.4. The van der Waals surface area contributed by atoms with Crippen molar-refractivity contribution in [3.8, 4) is 0 Å². The van der Waals surface area contributed by atoms with Crippen LogP contribution in [0.3, 0.4) is 0 Å². The predicted octanol–water partition coefficient (Wildman–Crippen LogP) is 1.47. The smallest absolute Gasteiger partial charge is 0.370 e. The van der Waals surface area contributed by atoms with Crippen LogP contribution in [0.1, 0.15) is 6.42 Å². The molecule has 1 aromatic rings. The molecule has 134 valence electrons. The largest absolute Gasteiger partial charge is 0.408 e. The molecule has 0 aromatic carbocycles. The summed E-state index contributed by atoms with van der Waals surface area (Å²) in [7, 11) is 0. The molecule has 24 heavy (non-hydrogen) atoms. The van der Waals surface area contributed by atoms with Crippen LogP contribution < -0.4 is 16.8 Å². The molecule has 1 heterocycles. The van der Waals surface area contributed by atoms with Crippen LogP contribution in [-0.4, -0.2) is 51.8 Å². The number of anilines is 1. The highest BCUT2D eigenvalue weighted by molar-refractivity contribution is 8.00. The normalized spacial score (nSPS) is 12.2. The first-order valence-electron chi connectivity index (χ1n) is 6.72. The first-order valence-corrected chi connectivity index (χ1v) is 8.86. The number of primary amides is 1.